The van der Waals surface area contributed by atoms with Crippen molar-refractivity contribution < 1.29 is 32.2 Å². The number of hydrogen-bond acceptors (Lipinski definition) is 9. The van der Waals surface area contributed by atoms with E-state index in [0.29, 0.717) is 17.1 Å². The normalized spacial score (nSPS) is 11.4. The Kier molecular flexibility index (Phi) is 8.04. The third kappa shape index (κ3) is 6.03. The minimum absolute atomic E-state index is 0.0419. The summed E-state index contributed by atoms with van der Waals surface area (Å²) in [6, 6.07) is 9.59. The summed E-state index contributed by atoms with van der Waals surface area (Å²) >= 11 is 0.931. The Balaban J connectivity index is 1.67. The van der Waals surface area contributed by atoms with Gasteiger partial charge in [-0.3, -0.25) is 18.7 Å². The Bertz CT molecular complexity index is 1700. The number of ether oxygens (including phenoxy) is 3. The molecule has 4 rings (SSSR count). The number of anilines is 1. The van der Waals surface area contributed by atoms with E-state index in [1.165, 1.54) is 45.0 Å². The number of nitrogens with zero attached hydrogens (tertiary/aromatic N) is 4. The van der Waals surface area contributed by atoms with E-state index in [9.17, 15) is 27.6 Å². The fourth-order valence-electron chi connectivity index (χ4n) is 3.71. The fourth-order valence-corrected chi connectivity index (χ4v) is 4.52. The lowest BCUT2D eigenvalue weighted by atomic mass is 10.2. The SMILES string of the molecule is COc1ccc(-c2nc(SCC(=O)Nc3ccc(OC(F)(F)F)cc3)c3c(=O)n(C)c(=O)n(C)c3n2)cc1OC. The number of methoxy groups -OCH3 is 2. The smallest absolute Gasteiger partial charge is 0.493 e. The van der Waals surface area contributed by atoms with Gasteiger partial charge in [-0.25, -0.2) is 14.8 Å². The predicted octanol–water partition coefficient (Wildman–Crippen LogP) is 3.34. The molecule has 0 fully saturated rings. The topological polar surface area (TPSA) is 127 Å². The lowest BCUT2D eigenvalue weighted by Crippen LogP contribution is -2.37. The summed E-state index contributed by atoms with van der Waals surface area (Å²) in [5.74, 6) is -0.129. The average Bonchev–Trinajstić information content (AvgIpc) is 2.93. The Morgan fingerprint density at radius 1 is 0.975 bits per heavy atom. The van der Waals surface area contributed by atoms with Crippen molar-refractivity contribution in [2.75, 3.05) is 25.3 Å². The molecule has 0 aliphatic heterocycles. The molecule has 0 spiro atoms. The Morgan fingerprint density at radius 2 is 1.65 bits per heavy atom. The number of nitrogens with one attached hydrogen (secondary N) is 1. The maximum atomic E-state index is 13.0. The quantitative estimate of drug-likeness (QED) is 0.248. The van der Waals surface area contributed by atoms with Crippen LogP contribution in [0.5, 0.6) is 17.2 Å². The molecule has 0 aliphatic rings. The van der Waals surface area contributed by atoms with Gasteiger partial charge in [-0.1, -0.05) is 11.8 Å². The first-order chi connectivity index (χ1) is 18.9. The molecular formula is C25H22F3N5O6S. The molecule has 0 atom stereocenters. The molecule has 1 amide bonds. The van der Waals surface area contributed by atoms with Crippen LogP contribution in [0.25, 0.3) is 22.4 Å². The van der Waals surface area contributed by atoms with Gasteiger partial charge in [-0.15, -0.1) is 13.2 Å². The van der Waals surface area contributed by atoms with Crippen molar-refractivity contribution in [3.05, 3.63) is 63.3 Å². The minimum Gasteiger partial charge on any atom is -0.493 e. The highest BCUT2D eigenvalue weighted by Crippen LogP contribution is 2.33. The van der Waals surface area contributed by atoms with Crippen molar-refractivity contribution in [3.8, 4) is 28.6 Å². The average molecular weight is 578 g/mol. The third-order valence-electron chi connectivity index (χ3n) is 5.62. The maximum Gasteiger partial charge on any atom is 0.573 e. The number of hydrogen-bond donors (Lipinski definition) is 1. The number of aryl methyl sites for hydroxylation is 1. The summed E-state index contributed by atoms with van der Waals surface area (Å²) in [5.41, 5.74) is -0.436. The van der Waals surface area contributed by atoms with Gasteiger partial charge in [-0.05, 0) is 42.5 Å². The van der Waals surface area contributed by atoms with E-state index < -0.39 is 29.3 Å². The molecular weight excluding hydrogens is 555 g/mol. The number of aromatic nitrogens is 4. The molecule has 11 nitrogen and oxygen atoms in total. The summed E-state index contributed by atoms with van der Waals surface area (Å²) in [6.45, 7) is 0. The summed E-state index contributed by atoms with van der Waals surface area (Å²) < 4.78 is 53.7. The van der Waals surface area contributed by atoms with Gasteiger partial charge in [0.15, 0.2) is 23.0 Å². The van der Waals surface area contributed by atoms with Crippen LogP contribution in [0.3, 0.4) is 0 Å². The second-order valence-corrected chi connectivity index (χ2v) is 9.20. The van der Waals surface area contributed by atoms with Crippen LogP contribution in [-0.4, -0.2) is 51.3 Å². The molecule has 0 radical (unpaired) electrons. The highest BCUT2D eigenvalue weighted by atomic mass is 32.2. The molecule has 0 unspecified atom stereocenters. The monoisotopic (exact) mass is 577 g/mol. The van der Waals surface area contributed by atoms with Crippen LogP contribution in [0.4, 0.5) is 18.9 Å². The van der Waals surface area contributed by atoms with Crippen LogP contribution < -0.4 is 30.8 Å². The number of amides is 1. The molecule has 2 heterocycles. The molecule has 40 heavy (non-hydrogen) atoms. The molecule has 0 saturated carbocycles. The Hall–Kier alpha value is -4.53. The molecule has 2 aromatic carbocycles. The van der Waals surface area contributed by atoms with Gasteiger partial charge < -0.3 is 19.5 Å². The van der Waals surface area contributed by atoms with Crippen molar-refractivity contribution >= 4 is 34.4 Å². The second-order valence-electron chi connectivity index (χ2n) is 8.24. The molecule has 0 saturated heterocycles. The van der Waals surface area contributed by atoms with Crippen LogP contribution in [0, 0.1) is 0 Å². The molecule has 2 aromatic heterocycles. The number of alkyl halides is 3. The zero-order chi connectivity index (χ0) is 29.2. The van der Waals surface area contributed by atoms with Crippen LogP contribution >= 0.6 is 11.8 Å². The molecule has 210 valence electrons. The van der Waals surface area contributed by atoms with E-state index >= 15 is 0 Å². The lowest BCUT2D eigenvalue weighted by molar-refractivity contribution is -0.274. The number of thioether (sulfide) groups is 1. The van der Waals surface area contributed by atoms with Gasteiger partial charge in [0, 0.05) is 25.3 Å². The Labute approximate surface area is 228 Å². The standard InChI is InChI=1S/C25H22F3N5O6S/c1-32-21-19(23(35)33(2)24(32)36)22(31-20(30-21)13-5-10-16(37-3)17(11-13)38-4)40-12-18(34)29-14-6-8-15(9-7-14)39-25(26,27)28/h5-11H,12H2,1-4H3,(H,29,34). The molecule has 0 aliphatic carbocycles. The minimum atomic E-state index is -4.84. The number of benzene rings is 2. The first-order valence-corrected chi connectivity index (χ1v) is 12.4. The van der Waals surface area contributed by atoms with Crippen molar-refractivity contribution in [1.82, 2.24) is 19.1 Å². The highest BCUT2D eigenvalue weighted by Gasteiger charge is 2.31. The summed E-state index contributed by atoms with van der Waals surface area (Å²) in [6.07, 6.45) is -4.84. The van der Waals surface area contributed by atoms with Crippen molar-refractivity contribution in [1.29, 1.82) is 0 Å². The predicted molar refractivity (Wildman–Crippen MR) is 141 cm³/mol. The summed E-state index contributed by atoms with van der Waals surface area (Å²) in [5, 5.41) is 2.75. The first kappa shape index (κ1) is 28.5. The van der Waals surface area contributed by atoms with Crippen molar-refractivity contribution in [2.45, 2.75) is 11.4 Å². The number of halogens is 3. The molecule has 0 bridgehead atoms. The summed E-state index contributed by atoms with van der Waals surface area (Å²) in [7, 11) is 5.73. The maximum absolute atomic E-state index is 13.0. The van der Waals surface area contributed by atoms with E-state index in [2.05, 4.69) is 20.0 Å². The van der Waals surface area contributed by atoms with Crippen LogP contribution in [0.1, 0.15) is 0 Å². The van der Waals surface area contributed by atoms with Crippen molar-refractivity contribution in [2.24, 2.45) is 14.1 Å². The lowest BCUT2D eigenvalue weighted by Gasteiger charge is -2.13. The zero-order valence-electron chi connectivity index (χ0n) is 21.5. The van der Waals surface area contributed by atoms with Gasteiger partial charge in [0.05, 0.1) is 20.0 Å². The van der Waals surface area contributed by atoms with Gasteiger partial charge in [0.2, 0.25) is 5.91 Å². The molecule has 1 N–H and O–H groups in total. The van der Waals surface area contributed by atoms with Crippen LogP contribution in [0.15, 0.2) is 57.1 Å². The molecule has 15 heteroatoms. The second kappa shape index (κ2) is 11.3. The van der Waals surface area contributed by atoms with Gasteiger partial charge >= 0.3 is 12.1 Å². The third-order valence-corrected chi connectivity index (χ3v) is 6.60. The van der Waals surface area contributed by atoms with E-state index in [0.717, 1.165) is 28.5 Å². The number of carbonyl (C=O) groups is 1. The molecule has 4 aromatic rings. The summed E-state index contributed by atoms with van der Waals surface area (Å²) in [4.78, 5) is 47.3. The van der Waals surface area contributed by atoms with E-state index in [1.54, 1.807) is 18.2 Å². The van der Waals surface area contributed by atoms with Crippen LogP contribution in [-0.2, 0) is 18.9 Å². The number of carbonyl (C=O) groups excluding carboxylic acids is 1. The van der Waals surface area contributed by atoms with E-state index in [4.69, 9.17) is 9.47 Å². The van der Waals surface area contributed by atoms with E-state index in [-0.39, 0.29) is 33.3 Å². The highest BCUT2D eigenvalue weighted by molar-refractivity contribution is 8.00. The number of fused-ring (bicyclic) bond motifs is 1. The Morgan fingerprint density at radius 3 is 2.27 bits per heavy atom. The van der Waals surface area contributed by atoms with Crippen molar-refractivity contribution in [3.63, 3.8) is 0 Å². The van der Waals surface area contributed by atoms with Gasteiger partial charge in [0.25, 0.3) is 5.56 Å². The largest absolute Gasteiger partial charge is 0.573 e. The fraction of sp³-hybridized carbons (Fsp3) is 0.240. The van der Waals surface area contributed by atoms with Crippen LogP contribution in [0.2, 0.25) is 0 Å². The zero-order valence-corrected chi connectivity index (χ0v) is 22.3. The van der Waals surface area contributed by atoms with Gasteiger partial charge in [-0.2, -0.15) is 0 Å². The number of rotatable bonds is 8. The first-order valence-electron chi connectivity index (χ1n) is 11.4. The van der Waals surface area contributed by atoms with Gasteiger partial charge in [0.1, 0.15) is 16.2 Å². The van der Waals surface area contributed by atoms with E-state index in [1.807, 2.05) is 0 Å².